The van der Waals surface area contributed by atoms with Gasteiger partial charge >= 0.3 is 0 Å². The fourth-order valence-corrected chi connectivity index (χ4v) is 2.12. The molecule has 2 N–H and O–H groups in total. The molecule has 7 heteroatoms. The minimum atomic E-state index is 0.355. The van der Waals surface area contributed by atoms with Crippen LogP contribution in [0.4, 0.5) is 0 Å². The van der Waals surface area contributed by atoms with Crippen LogP contribution in [-0.2, 0) is 11.2 Å². The molecule has 102 valence electrons. The van der Waals surface area contributed by atoms with Gasteiger partial charge in [-0.05, 0) is 25.9 Å². The van der Waals surface area contributed by atoms with Crippen LogP contribution < -0.4 is 5.32 Å². The molecule has 2 aromatic rings. The first kappa shape index (κ1) is 12.3. The summed E-state index contributed by atoms with van der Waals surface area (Å²) in [6.45, 7) is 2.69. The van der Waals surface area contributed by atoms with Crippen LogP contribution in [0.1, 0.15) is 18.7 Å². The zero-order valence-electron chi connectivity index (χ0n) is 10.6. The van der Waals surface area contributed by atoms with Crippen molar-refractivity contribution in [2.75, 3.05) is 19.7 Å². The predicted molar refractivity (Wildman–Crippen MR) is 67.4 cm³/mol. The summed E-state index contributed by atoms with van der Waals surface area (Å²) in [7, 11) is 0. The van der Waals surface area contributed by atoms with Gasteiger partial charge in [0.2, 0.25) is 11.7 Å². The van der Waals surface area contributed by atoms with Crippen LogP contribution in [0.2, 0.25) is 0 Å². The van der Waals surface area contributed by atoms with E-state index in [1.165, 1.54) is 0 Å². The largest absolute Gasteiger partial charge is 0.378 e. The highest BCUT2D eigenvalue weighted by molar-refractivity contribution is 5.40. The number of aromatic amines is 1. The molecule has 0 spiro atoms. The molecule has 1 saturated heterocycles. The second kappa shape index (κ2) is 5.94. The van der Waals surface area contributed by atoms with Crippen molar-refractivity contribution in [3.8, 4) is 11.6 Å². The smallest absolute Gasteiger partial charge is 0.238 e. The highest BCUT2D eigenvalue weighted by Crippen LogP contribution is 2.11. The molecule has 1 aliphatic rings. The summed E-state index contributed by atoms with van der Waals surface area (Å²) in [5.74, 6) is 1.69. The average molecular weight is 263 g/mol. The van der Waals surface area contributed by atoms with Gasteiger partial charge in [0.25, 0.3) is 0 Å². The lowest BCUT2D eigenvalue weighted by Crippen LogP contribution is -2.32. The van der Waals surface area contributed by atoms with Gasteiger partial charge in [-0.3, -0.25) is 0 Å². The summed E-state index contributed by atoms with van der Waals surface area (Å²) in [5, 5.41) is 7.19. The van der Waals surface area contributed by atoms with E-state index in [1.807, 2.05) is 0 Å². The van der Waals surface area contributed by atoms with E-state index in [2.05, 4.69) is 25.4 Å². The lowest BCUT2D eigenvalue weighted by molar-refractivity contribution is 0.0322. The number of ether oxygens (including phenoxy) is 1. The van der Waals surface area contributed by atoms with Crippen LogP contribution >= 0.6 is 0 Å². The van der Waals surface area contributed by atoms with Crippen molar-refractivity contribution in [3.05, 3.63) is 18.3 Å². The summed E-state index contributed by atoms with van der Waals surface area (Å²) < 4.78 is 11.0. The van der Waals surface area contributed by atoms with Crippen molar-refractivity contribution < 1.29 is 9.26 Å². The third kappa shape index (κ3) is 3.18. The van der Waals surface area contributed by atoms with Crippen LogP contribution in [0.25, 0.3) is 11.6 Å². The highest BCUT2D eigenvalue weighted by atomic mass is 16.5. The maximum atomic E-state index is 5.80. The van der Waals surface area contributed by atoms with Gasteiger partial charge in [-0.25, -0.2) is 4.98 Å². The molecule has 0 unspecified atom stereocenters. The third-order valence-electron chi connectivity index (χ3n) is 3.13. The normalized spacial score (nSPS) is 16.8. The molecule has 3 heterocycles. The Hall–Kier alpha value is -1.73. The fraction of sp³-hybridized carbons (Fsp3) is 0.583. The predicted octanol–water partition coefficient (Wildman–Crippen LogP) is 0.771. The molecule has 19 heavy (non-hydrogen) atoms. The number of H-pyrrole nitrogens is 1. The molecule has 1 aliphatic heterocycles. The molecule has 0 radical (unpaired) electrons. The van der Waals surface area contributed by atoms with Gasteiger partial charge in [-0.2, -0.15) is 4.98 Å². The van der Waals surface area contributed by atoms with Gasteiger partial charge in [-0.15, -0.1) is 0 Å². The van der Waals surface area contributed by atoms with E-state index in [4.69, 9.17) is 9.26 Å². The summed E-state index contributed by atoms with van der Waals surface area (Å²) >= 11 is 0. The second-order valence-electron chi connectivity index (χ2n) is 4.52. The van der Waals surface area contributed by atoms with Crippen molar-refractivity contribution in [3.63, 3.8) is 0 Å². The van der Waals surface area contributed by atoms with Gasteiger partial charge < -0.3 is 19.6 Å². The van der Waals surface area contributed by atoms with Crippen molar-refractivity contribution in [2.24, 2.45) is 0 Å². The molecular weight excluding hydrogens is 246 g/mol. The van der Waals surface area contributed by atoms with E-state index in [9.17, 15) is 0 Å². The number of hydrogen-bond donors (Lipinski definition) is 2. The quantitative estimate of drug-likeness (QED) is 0.828. The minimum Gasteiger partial charge on any atom is -0.378 e. The number of imidazole rings is 1. The summed E-state index contributed by atoms with van der Waals surface area (Å²) in [5.41, 5.74) is 0. The number of rotatable bonds is 5. The SMILES string of the molecule is c1c[nH]c(-c2noc(CCOC3CCNCC3)n2)n1. The Morgan fingerprint density at radius 2 is 2.26 bits per heavy atom. The van der Waals surface area contributed by atoms with Gasteiger partial charge in [0, 0.05) is 12.4 Å². The first-order valence-electron chi connectivity index (χ1n) is 6.56. The molecule has 0 amide bonds. The first-order valence-corrected chi connectivity index (χ1v) is 6.56. The fourth-order valence-electron chi connectivity index (χ4n) is 2.12. The maximum Gasteiger partial charge on any atom is 0.238 e. The van der Waals surface area contributed by atoms with Gasteiger partial charge in [0.1, 0.15) is 0 Å². The Morgan fingerprint density at radius 1 is 1.37 bits per heavy atom. The molecular formula is C12H17N5O2. The third-order valence-corrected chi connectivity index (χ3v) is 3.13. The Kier molecular flexibility index (Phi) is 3.85. The molecule has 0 atom stereocenters. The van der Waals surface area contributed by atoms with Crippen LogP contribution in [0, 0.1) is 0 Å². The Labute approximate surface area is 110 Å². The topological polar surface area (TPSA) is 88.9 Å². The van der Waals surface area contributed by atoms with Crippen LogP contribution in [0.5, 0.6) is 0 Å². The minimum absolute atomic E-state index is 0.355. The van der Waals surface area contributed by atoms with Gasteiger partial charge in [-0.1, -0.05) is 5.16 Å². The van der Waals surface area contributed by atoms with Crippen LogP contribution in [-0.4, -0.2) is 45.9 Å². The zero-order chi connectivity index (χ0) is 12.9. The van der Waals surface area contributed by atoms with Crippen molar-refractivity contribution in [1.29, 1.82) is 0 Å². The summed E-state index contributed by atoms with van der Waals surface area (Å²) in [4.78, 5) is 11.3. The standard InChI is InChI=1S/C12H17N5O2/c1-4-13-5-2-9(1)18-8-3-10-16-12(17-19-10)11-14-6-7-15-11/h6-7,9,13H,1-5,8H2,(H,14,15). The van der Waals surface area contributed by atoms with Crippen molar-refractivity contribution in [2.45, 2.75) is 25.4 Å². The average Bonchev–Trinajstić information content (AvgIpc) is 3.10. The molecule has 1 fully saturated rings. The van der Waals surface area contributed by atoms with E-state index in [0.717, 1.165) is 25.9 Å². The zero-order valence-corrected chi connectivity index (χ0v) is 10.6. The lowest BCUT2D eigenvalue weighted by Gasteiger charge is -2.22. The van der Waals surface area contributed by atoms with Crippen LogP contribution in [0.3, 0.4) is 0 Å². The summed E-state index contributed by atoms with van der Waals surface area (Å²) in [6, 6.07) is 0. The Balaban J connectivity index is 1.48. The summed E-state index contributed by atoms with van der Waals surface area (Å²) in [6.07, 6.45) is 6.52. The van der Waals surface area contributed by atoms with E-state index in [0.29, 0.717) is 36.7 Å². The van der Waals surface area contributed by atoms with Gasteiger partial charge in [0.15, 0.2) is 5.82 Å². The maximum absolute atomic E-state index is 5.80. The van der Waals surface area contributed by atoms with E-state index in [1.54, 1.807) is 12.4 Å². The van der Waals surface area contributed by atoms with E-state index < -0.39 is 0 Å². The molecule has 2 aromatic heterocycles. The number of aromatic nitrogens is 4. The number of nitrogens with zero attached hydrogens (tertiary/aromatic N) is 3. The Morgan fingerprint density at radius 3 is 3.05 bits per heavy atom. The first-order chi connectivity index (χ1) is 9.42. The molecule has 7 nitrogen and oxygen atoms in total. The van der Waals surface area contributed by atoms with E-state index in [-0.39, 0.29) is 0 Å². The number of nitrogens with one attached hydrogen (secondary N) is 2. The second-order valence-corrected chi connectivity index (χ2v) is 4.52. The van der Waals surface area contributed by atoms with Crippen LogP contribution in [0.15, 0.2) is 16.9 Å². The Bertz CT molecular complexity index is 490. The van der Waals surface area contributed by atoms with E-state index >= 15 is 0 Å². The monoisotopic (exact) mass is 263 g/mol. The number of hydrogen-bond acceptors (Lipinski definition) is 6. The van der Waals surface area contributed by atoms with Crippen molar-refractivity contribution in [1.82, 2.24) is 25.4 Å². The molecule has 0 aromatic carbocycles. The highest BCUT2D eigenvalue weighted by Gasteiger charge is 2.14. The number of piperidine rings is 1. The molecule has 0 saturated carbocycles. The lowest BCUT2D eigenvalue weighted by atomic mass is 10.1. The van der Waals surface area contributed by atoms with Crippen molar-refractivity contribution >= 4 is 0 Å². The molecule has 3 rings (SSSR count). The molecule has 0 aliphatic carbocycles. The van der Waals surface area contributed by atoms with Gasteiger partial charge in [0.05, 0.1) is 19.1 Å². The molecule has 0 bridgehead atoms.